The first-order valence-electron chi connectivity index (χ1n) is 7.53. The van der Waals surface area contributed by atoms with Gasteiger partial charge in [0, 0.05) is 39.0 Å². The highest BCUT2D eigenvalue weighted by Gasteiger charge is 2.28. The van der Waals surface area contributed by atoms with E-state index in [0.717, 1.165) is 37.9 Å². The van der Waals surface area contributed by atoms with E-state index in [-0.39, 0.29) is 12.5 Å². The molecule has 1 atom stereocenters. The van der Waals surface area contributed by atoms with Gasteiger partial charge in [-0.15, -0.1) is 0 Å². The smallest absolute Gasteiger partial charge is 0.255 e. The molecule has 1 aliphatic heterocycles. The fourth-order valence-electron chi connectivity index (χ4n) is 2.99. The molecular weight excluding hydrogens is 266 g/mol. The van der Waals surface area contributed by atoms with Gasteiger partial charge in [0.25, 0.3) is 5.91 Å². The summed E-state index contributed by atoms with van der Waals surface area (Å²) < 4.78 is 0. The Morgan fingerprint density at radius 1 is 1.48 bits per heavy atom. The van der Waals surface area contributed by atoms with E-state index in [0.29, 0.717) is 17.3 Å². The van der Waals surface area contributed by atoms with Crippen molar-refractivity contribution in [3.05, 3.63) is 23.8 Å². The normalized spacial score (nSPS) is 18.0. The highest BCUT2D eigenvalue weighted by atomic mass is 16.3. The van der Waals surface area contributed by atoms with Crippen LogP contribution in [0, 0.1) is 0 Å². The minimum atomic E-state index is -0.00203. The number of aliphatic hydroxyl groups is 1. The van der Waals surface area contributed by atoms with Crippen molar-refractivity contribution in [3.8, 4) is 0 Å². The Kier molecular flexibility index (Phi) is 5.07. The molecule has 5 heteroatoms. The standard InChI is InChI=1S/C16H25N3O2/c1-18(2)16(21)14-8-7-12(17)11-15(14)19-9-3-5-13(19)6-4-10-20/h7-8,11,13,20H,3-6,9-10,17H2,1-2H3. The van der Waals surface area contributed by atoms with Crippen LogP contribution < -0.4 is 10.6 Å². The molecule has 0 bridgehead atoms. The van der Waals surface area contributed by atoms with Gasteiger partial charge in [0.1, 0.15) is 0 Å². The molecular formula is C16H25N3O2. The highest BCUT2D eigenvalue weighted by molar-refractivity contribution is 6.00. The molecule has 1 amide bonds. The zero-order chi connectivity index (χ0) is 15.4. The number of anilines is 2. The maximum absolute atomic E-state index is 12.4. The van der Waals surface area contributed by atoms with Crippen LogP contribution >= 0.6 is 0 Å². The van der Waals surface area contributed by atoms with E-state index < -0.39 is 0 Å². The second kappa shape index (κ2) is 6.80. The number of nitrogen functional groups attached to an aromatic ring is 1. The van der Waals surface area contributed by atoms with Crippen molar-refractivity contribution in [1.29, 1.82) is 0 Å². The number of nitrogens with two attached hydrogens (primary N) is 1. The number of amides is 1. The Morgan fingerprint density at radius 3 is 2.90 bits per heavy atom. The van der Waals surface area contributed by atoms with Crippen molar-refractivity contribution in [2.45, 2.75) is 31.7 Å². The quantitative estimate of drug-likeness (QED) is 0.810. The molecule has 21 heavy (non-hydrogen) atoms. The van der Waals surface area contributed by atoms with E-state index in [1.54, 1.807) is 25.1 Å². The Hall–Kier alpha value is -1.75. The summed E-state index contributed by atoms with van der Waals surface area (Å²) >= 11 is 0. The Bertz CT molecular complexity index is 502. The van der Waals surface area contributed by atoms with Crippen molar-refractivity contribution < 1.29 is 9.90 Å². The van der Waals surface area contributed by atoms with Crippen LogP contribution in [0.1, 0.15) is 36.0 Å². The van der Waals surface area contributed by atoms with Crippen LogP contribution in [-0.2, 0) is 0 Å². The minimum Gasteiger partial charge on any atom is -0.399 e. The summed E-state index contributed by atoms with van der Waals surface area (Å²) in [4.78, 5) is 16.2. The van der Waals surface area contributed by atoms with Crippen LogP contribution in [0.2, 0.25) is 0 Å². The van der Waals surface area contributed by atoms with Crippen molar-refractivity contribution >= 4 is 17.3 Å². The molecule has 1 unspecified atom stereocenters. The molecule has 1 aromatic carbocycles. The van der Waals surface area contributed by atoms with Gasteiger partial charge in [0.2, 0.25) is 0 Å². The number of benzene rings is 1. The van der Waals surface area contributed by atoms with Crippen molar-refractivity contribution in [3.63, 3.8) is 0 Å². The van der Waals surface area contributed by atoms with E-state index in [1.165, 1.54) is 0 Å². The lowest BCUT2D eigenvalue weighted by Crippen LogP contribution is -2.32. The molecule has 0 spiro atoms. The van der Waals surface area contributed by atoms with Crippen LogP contribution in [0.4, 0.5) is 11.4 Å². The van der Waals surface area contributed by atoms with Gasteiger partial charge in [-0.2, -0.15) is 0 Å². The van der Waals surface area contributed by atoms with E-state index in [9.17, 15) is 4.79 Å². The molecule has 1 saturated heterocycles. The van der Waals surface area contributed by atoms with Crippen LogP contribution in [-0.4, -0.2) is 49.2 Å². The molecule has 1 aromatic rings. The Labute approximate surface area is 126 Å². The summed E-state index contributed by atoms with van der Waals surface area (Å²) in [6, 6.07) is 5.87. The first-order chi connectivity index (χ1) is 10.0. The third-order valence-corrected chi connectivity index (χ3v) is 4.04. The number of hydrogen-bond acceptors (Lipinski definition) is 4. The fraction of sp³-hybridized carbons (Fsp3) is 0.562. The van der Waals surface area contributed by atoms with Gasteiger partial charge in [0.15, 0.2) is 0 Å². The molecule has 0 radical (unpaired) electrons. The van der Waals surface area contributed by atoms with E-state index in [4.69, 9.17) is 10.8 Å². The summed E-state index contributed by atoms with van der Waals surface area (Å²) in [5.74, 6) is -0.00203. The molecule has 0 aliphatic carbocycles. The van der Waals surface area contributed by atoms with Crippen LogP contribution in [0.3, 0.4) is 0 Å². The van der Waals surface area contributed by atoms with Gasteiger partial charge in [-0.05, 0) is 43.9 Å². The SMILES string of the molecule is CN(C)C(=O)c1ccc(N)cc1N1CCCC1CCCO. The number of carbonyl (C=O) groups is 1. The van der Waals surface area contributed by atoms with Crippen molar-refractivity contribution in [2.24, 2.45) is 0 Å². The fourth-order valence-corrected chi connectivity index (χ4v) is 2.99. The zero-order valence-electron chi connectivity index (χ0n) is 12.9. The molecule has 0 aromatic heterocycles. The Balaban J connectivity index is 2.32. The first kappa shape index (κ1) is 15.6. The summed E-state index contributed by atoms with van der Waals surface area (Å²) in [6.07, 6.45) is 3.95. The molecule has 3 N–H and O–H groups in total. The van der Waals surface area contributed by atoms with Gasteiger partial charge >= 0.3 is 0 Å². The number of rotatable bonds is 5. The van der Waals surface area contributed by atoms with E-state index >= 15 is 0 Å². The molecule has 2 rings (SSSR count). The highest BCUT2D eigenvalue weighted by Crippen LogP contribution is 2.32. The third-order valence-electron chi connectivity index (χ3n) is 4.04. The second-order valence-corrected chi connectivity index (χ2v) is 5.83. The third kappa shape index (κ3) is 3.47. The summed E-state index contributed by atoms with van der Waals surface area (Å²) in [7, 11) is 3.52. The van der Waals surface area contributed by atoms with Crippen LogP contribution in [0.15, 0.2) is 18.2 Å². The lowest BCUT2D eigenvalue weighted by Gasteiger charge is -2.29. The first-order valence-corrected chi connectivity index (χ1v) is 7.53. The largest absolute Gasteiger partial charge is 0.399 e. The maximum Gasteiger partial charge on any atom is 0.255 e. The average molecular weight is 291 g/mol. The predicted molar refractivity (Wildman–Crippen MR) is 85.6 cm³/mol. The second-order valence-electron chi connectivity index (χ2n) is 5.83. The summed E-state index contributed by atoms with van der Waals surface area (Å²) in [5.41, 5.74) is 8.22. The van der Waals surface area contributed by atoms with Gasteiger partial charge in [0.05, 0.1) is 11.3 Å². The van der Waals surface area contributed by atoms with Crippen molar-refractivity contribution in [1.82, 2.24) is 4.90 Å². The van der Waals surface area contributed by atoms with Crippen LogP contribution in [0.5, 0.6) is 0 Å². The van der Waals surface area contributed by atoms with Crippen molar-refractivity contribution in [2.75, 3.05) is 37.9 Å². The Morgan fingerprint density at radius 2 is 2.24 bits per heavy atom. The minimum absolute atomic E-state index is 0.00203. The number of nitrogens with zero attached hydrogens (tertiary/aromatic N) is 2. The molecule has 116 valence electrons. The molecule has 1 fully saturated rings. The monoisotopic (exact) mass is 291 g/mol. The van der Waals surface area contributed by atoms with E-state index in [2.05, 4.69) is 4.90 Å². The summed E-state index contributed by atoms with van der Waals surface area (Å²) in [5, 5.41) is 9.04. The lowest BCUT2D eigenvalue weighted by molar-refractivity contribution is 0.0828. The molecule has 0 saturated carbocycles. The van der Waals surface area contributed by atoms with Gasteiger partial charge in [-0.3, -0.25) is 4.79 Å². The average Bonchev–Trinajstić information content (AvgIpc) is 2.92. The predicted octanol–water partition coefficient (Wildman–Crippen LogP) is 1.71. The number of aliphatic hydroxyl groups excluding tert-OH is 1. The topological polar surface area (TPSA) is 69.8 Å². The zero-order valence-corrected chi connectivity index (χ0v) is 12.9. The maximum atomic E-state index is 12.4. The molecule has 5 nitrogen and oxygen atoms in total. The number of carbonyl (C=O) groups excluding carboxylic acids is 1. The van der Waals surface area contributed by atoms with E-state index in [1.807, 2.05) is 12.1 Å². The lowest BCUT2D eigenvalue weighted by atomic mass is 10.1. The van der Waals surface area contributed by atoms with Crippen LogP contribution in [0.25, 0.3) is 0 Å². The van der Waals surface area contributed by atoms with Gasteiger partial charge in [-0.1, -0.05) is 0 Å². The molecule has 1 heterocycles. The number of hydrogen-bond donors (Lipinski definition) is 2. The molecule has 1 aliphatic rings. The summed E-state index contributed by atoms with van der Waals surface area (Å²) in [6.45, 7) is 1.15. The van der Waals surface area contributed by atoms with Gasteiger partial charge < -0.3 is 20.6 Å². The van der Waals surface area contributed by atoms with Gasteiger partial charge in [-0.25, -0.2) is 0 Å².